The molecule has 7 heteroatoms. The average molecular weight is 431 g/mol. The van der Waals surface area contributed by atoms with Gasteiger partial charge < -0.3 is 10.1 Å². The molecule has 0 saturated heterocycles. The molecular weight excluding hydrogens is 415 g/mol. The highest BCUT2D eigenvalue weighted by molar-refractivity contribution is 6.30. The van der Waals surface area contributed by atoms with Crippen LogP contribution >= 0.6 is 11.6 Å². The van der Waals surface area contributed by atoms with E-state index in [4.69, 9.17) is 16.3 Å². The van der Waals surface area contributed by atoms with Crippen molar-refractivity contribution in [2.45, 2.75) is 12.1 Å². The lowest BCUT2D eigenvalue weighted by Crippen LogP contribution is -2.32. The molecule has 1 N–H and O–H groups in total. The van der Waals surface area contributed by atoms with Crippen molar-refractivity contribution in [1.82, 2.24) is 14.8 Å². The monoisotopic (exact) mass is 430 g/mol. The molecule has 0 amide bonds. The third-order valence-corrected chi connectivity index (χ3v) is 5.91. The molecule has 5 nitrogen and oxygen atoms in total. The SMILES string of the molecule is Fc1ccccc1[C@H]1C2=C(Nc3ncnn31)c1cc(Cl)ccc1O[C@H]2c1ccccc1. The van der Waals surface area contributed by atoms with Gasteiger partial charge in [-0.3, -0.25) is 0 Å². The van der Waals surface area contributed by atoms with Crippen molar-refractivity contribution in [2.24, 2.45) is 0 Å². The molecule has 2 aliphatic heterocycles. The van der Waals surface area contributed by atoms with E-state index in [9.17, 15) is 0 Å². The van der Waals surface area contributed by atoms with Crippen LogP contribution in [0.5, 0.6) is 5.75 Å². The number of rotatable bonds is 2. The first kappa shape index (κ1) is 18.2. The fraction of sp³-hybridized carbons (Fsp3) is 0.0833. The smallest absolute Gasteiger partial charge is 0.226 e. The summed E-state index contributed by atoms with van der Waals surface area (Å²) >= 11 is 6.32. The van der Waals surface area contributed by atoms with Crippen molar-refractivity contribution in [2.75, 3.05) is 5.32 Å². The summed E-state index contributed by atoms with van der Waals surface area (Å²) in [5, 5.41) is 8.38. The van der Waals surface area contributed by atoms with Crippen LogP contribution in [0.25, 0.3) is 5.70 Å². The second-order valence-electron chi connectivity index (χ2n) is 7.46. The molecule has 0 spiro atoms. The minimum atomic E-state index is -0.535. The Morgan fingerprint density at radius 1 is 1.00 bits per heavy atom. The number of anilines is 1. The number of aromatic nitrogens is 3. The molecule has 4 aromatic rings. The molecule has 0 unspecified atom stereocenters. The first-order valence-corrected chi connectivity index (χ1v) is 10.2. The molecule has 6 rings (SSSR count). The van der Waals surface area contributed by atoms with Crippen LogP contribution in [-0.4, -0.2) is 14.8 Å². The van der Waals surface area contributed by atoms with Gasteiger partial charge in [-0.1, -0.05) is 60.1 Å². The van der Waals surface area contributed by atoms with Crippen LogP contribution in [0.4, 0.5) is 10.3 Å². The van der Waals surface area contributed by atoms with Crippen molar-refractivity contribution in [1.29, 1.82) is 0 Å². The van der Waals surface area contributed by atoms with E-state index in [1.807, 2.05) is 48.5 Å². The Labute approximate surface area is 182 Å². The molecule has 1 aromatic heterocycles. The van der Waals surface area contributed by atoms with Gasteiger partial charge in [0.1, 0.15) is 30.0 Å². The minimum Gasteiger partial charge on any atom is -0.480 e. The second kappa shape index (κ2) is 6.96. The topological polar surface area (TPSA) is 52.0 Å². The Kier molecular flexibility index (Phi) is 4.07. The molecule has 2 aliphatic rings. The van der Waals surface area contributed by atoms with Gasteiger partial charge in [-0.05, 0) is 29.8 Å². The maximum absolute atomic E-state index is 15.1. The zero-order valence-electron chi connectivity index (χ0n) is 16.2. The van der Waals surface area contributed by atoms with Gasteiger partial charge in [0.05, 0.1) is 5.70 Å². The predicted octanol–water partition coefficient (Wildman–Crippen LogP) is 5.63. The maximum atomic E-state index is 15.1. The van der Waals surface area contributed by atoms with Crippen molar-refractivity contribution in [3.8, 4) is 5.75 Å². The van der Waals surface area contributed by atoms with E-state index in [2.05, 4.69) is 15.4 Å². The number of hydrogen-bond acceptors (Lipinski definition) is 4. The molecule has 0 aliphatic carbocycles. The Morgan fingerprint density at radius 2 is 1.81 bits per heavy atom. The number of nitrogens with one attached hydrogen (secondary N) is 1. The molecule has 0 fully saturated rings. The van der Waals surface area contributed by atoms with Crippen LogP contribution in [0.2, 0.25) is 5.02 Å². The van der Waals surface area contributed by atoms with Gasteiger partial charge in [0.25, 0.3) is 0 Å². The van der Waals surface area contributed by atoms with E-state index in [0.717, 1.165) is 22.4 Å². The van der Waals surface area contributed by atoms with Gasteiger partial charge in [0, 0.05) is 21.7 Å². The van der Waals surface area contributed by atoms with E-state index in [1.54, 1.807) is 22.9 Å². The maximum Gasteiger partial charge on any atom is 0.226 e. The molecule has 2 atom stereocenters. The third-order valence-electron chi connectivity index (χ3n) is 5.68. The number of halogens is 2. The Bertz CT molecular complexity index is 1330. The summed E-state index contributed by atoms with van der Waals surface area (Å²) in [4.78, 5) is 4.36. The van der Waals surface area contributed by atoms with Crippen molar-refractivity contribution < 1.29 is 9.13 Å². The molecule has 152 valence electrons. The Morgan fingerprint density at radius 3 is 2.65 bits per heavy atom. The van der Waals surface area contributed by atoms with Crippen molar-refractivity contribution >= 4 is 23.2 Å². The van der Waals surface area contributed by atoms with Gasteiger partial charge in [-0.2, -0.15) is 10.1 Å². The van der Waals surface area contributed by atoms with E-state index >= 15 is 4.39 Å². The molecule has 0 bridgehead atoms. The quantitative estimate of drug-likeness (QED) is 0.447. The summed E-state index contributed by atoms with van der Waals surface area (Å²) in [5.74, 6) is 0.919. The molecule has 3 heterocycles. The molecule has 0 radical (unpaired) electrons. The van der Waals surface area contributed by atoms with Crippen LogP contribution in [0, 0.1) is 5.82 Å². The lowest BCUT2D eigenvalue weighted by Gasteiger charge is -2.39. The van der Waals surface area contributed by atoms with Crippen LogP contribution in [-0.2, 0) is 0 Å². The summed E-state index contributed by atoms with van der Waals surface area (Å²) in [6.45, 7) is 0. The number of hydrogen-bond donors (Lipinski definition) is 1. The van der Waals surface area contributed by atoms with Crippen LogP contribution in [0.1, 0.15) is 28.8 Å². The highest BCUT2D eigenvalue weighted by Gasteiger charge is 2.41. The number of nitrogens with zero attached hydrogens (tertiary/aromatic N) is 3. The summed E-state index contributed by atoms with van der Waals surface area (Å²) < 4.78 is 23.2. The van der Waals surface area contributed by atoms with E-state index in [0.29, 0.717) is 22.3 Å². The summed E-state index contributed by atoms with van der Waals surface area (Å²) in [7, 11) is 0. The van der Waals surface area contributed by atoms with Gasteiger partial charge in [0.2, 0.25) is 5.95 Å². The second-order valence-corrected chi connectivity index (χ2v) is 7.89. The lowest BCUT2D eigenvalue weighted by molar-refractivity contribution is 0.222. The number of benzene rings is 3. The number of fused-ring (bicyclic) bond motifs is 3. The van der Waals surface area contributed by atoms with Crippen LogP contribution in [0.15, 0.2) is 84.7 Å². The first-order chi connectivity index (χ1) is 15.2. The standard InChI is InChI=1S/C24H16ClFN4O/c25-15-10-11-19-17(12-15)21-20(23(31-19)14-6-2-1-3-7-14)22(16-8-4-5-9-18(16)26)30-24(29-21)27-13-28-30/h1-13,22-23H,(H,27,28,29)/t22-,23-/m0/s1. The van der Waals surface area contributed by atoms with Gasteiger partial charge in [-0.25, -0.2) is 9.07 Å². The Hall–Kier alpha value is -3.64. The summed E-state index contributed by atoms with van der Waals surface area (Å²) in [6, 6.07) is 21.6. The highest BCUT2D eigenvalue weighted by Crippen LogP contribution is 2.51. The first-order valence-electron chi connectivity index (χ1n) is 9.87. The van der Waals surface area contributed by atoms with Crippen molar-refractivity contribution in [3.05, 3.63) is 112 Å². The lowest BCUT2D eigenvalue weighted by atomic mass is 9.84. The van der Waals surface area contributed by atoms with Gasteiger partial charge in [0.15, 0.2) is 0 Å². The fourth-order valence-electron chi connectivity index (χ4n) is 4.34. The van der Waals surface area contributed by atoms with E-state index < -0.39 is 12.1 Å². The molecular formula is C24H16ClFN4O. The van der Waals surface area contributed by atoms with Crippen LogP contribution < -0.4 is 10.1 Å². The normalized spacial score (nSPS) is 19.0. The number of ether oxygens (including phenoxy) is 1. The van der Waals surface area contributed by atoms with Crippen LogP contribution in [0.3, 0.4) is 0 Å². The largest absolute Gasteiger partial charge is 0.480 e. The average Bonchev–Trinajstić information content (AvgIpc) is 3.27. The fourth-order valence-corrected chi connectivity index (χ4v) is 4.51. The van der Waals surface area contributed by atoms with E-state index in [-0.39, 0.29) is 5.82 Å². The molecule has 3 aromatic carbocycles. The predicted molar refractivity (Wildman–Crippen MR) is 116 cm³/mol. The zero-order chi connectivity index (χ0) is 20.9. The summed E-state index contributed by atoms with van der Waals surface area (Å²) in [5.41, 5.74) is 3.93. The van der Waals surface area contributed by atoms with Crippen molar-refractivity contribution in [3.63, 3.8) is 0 Å². The van der Waals surface area contributed by atoms with Gasteiger partial charge >= 0.3 is 0 Å². The summed E-state index contributed by atoms with van der Waals surface area (Å²) in [6.07, 6.45) is 1.02. The minimum absolute atomic E-state index is 0.314. The van der Waals surface area contributed by atoms with Gasteiger partial charge in [-0.15, -0.1) is 0 Å². The molecule has 0 saturated carbocycles. The Balaban J connectivity index is 1.67. The highest BCUT2D eigenvalue weighted by atomic mass is 35.5. The zero-order valence-corrected chi connectivity index (χ0v) is 16.9. The third kappa shape index (κ3) is 2.83. The molecule has 31 heavy (non-hydrogen) atoms. The van der Waals surface area contributed by atoms with E-state index in [1.165, 1.54) is 12.4 Å².